The number of hydrogen-bond acceptors (Lipinski definition) is 3. The second-order valence-electron chi connectivity index (χ2n) is 5.18. The van der Waals surface area contributed by atoms with E-state index in [9.17, 15) is 0 Å². The Hall–Kier alpha value is -0.380. The molecular formula is C14H26N2O. The minimum Gasteiger partial charge on any atom is -0.379 e. The van der Waals surface area contributed by atoms with Crippen molar-refractivity contribution in [1.82, 2.24) is 10.2 Å². The molecule has 0 amide bonds. The summed E-state index contributed by atoms with van der Waals surface area (Å²) in [4.78, 5) is 2.65. The lowest BCUT2D eigenvalue weighted by Gasteiger charge is -2.47. The van der Waals surface area contributed by atoms with Gasteiger partial charge in [-0.05, 0) is 19.4 Å². The van der Waals surface area contributed by atoms with Gasteiger partial charge in [-0.1, -0.05) is 25.8 Å². The molecule has 0 radical (unpaired) electrons. The fraction of sp³-hybridized carbons (Fsp3) is 0.857. The first-order valence-electron chi connectivity index (χ1n) is 7.02. The van der Waals surface area contributed by atoms with Gasteiger partial charge in [0.1, 0.15) is 0 Å². The Morgan fingerprint density at radius 1 is 1.35 bits per heavy atom. The number of nitrogens with zero attached hydrogens (tertiary/aromatic N) is 1. The number of nitrogens with one attached hydrogen (secondary N) is 1. The number of ether oxygens (including phenoxy) is 1. The van der Waals surface area contributed by atoms with E-state index < -0.39 is 0 Å². The molecule has 98 valence electrons. The number of hydrogen-bond donors (Lipinski definition) is 1. The highest BCUT2D eigenvalue weighted by molar-refractivity contribution is 5.10. The fourth-order valence-electron chi connectivity index (χ4n) is 3.53. The lowest BCUT2D eigenvalue weighted by Crippen LogP contribution is -2.61. The average molecular weight is 238 g/mol. The Morgan fingerprint density at radius 3 is 2.53 bits per heavy atom. The molecule has 1 N–H and O–H groups in total. The standard InChI is InChI=1S/C14H26N2O/c1-3-13(15-4-2)14(7-5-6-8-14)16-9-11-17-12-10-16/h3,13,15H,1,4-12H2,2H3. The Kier molecular flexibility index (Phi) is 4.60. The third-order valence-electron chi connectivity index (χ3n) is 4.35. The van der Waals surface area contributed by atoms with Crippen LogP contribution in [0.15, 0.2) is 12.7 Å². The van der Waals surface area contributed by atoms with Gasteiger partial charge in [-0.3, -0.25) is 4.90 Å². The smallest absolute Gasteiger partial charge is 0.0594 e. The van der Waals surface area contributed by atoms with Crippen LogP contribution in [0.25, 0.3) is 0 Å². The molecule has 0 aromatic rings. The van der Waals surface area contributed by atoms with E-state index in [1.807, 2.05) is 0 Å². The van der Waals surface area contributed by atoms with Crippen molar-refractivity contribution in [3.63, 3.8) is 0 Å². The molecule has 0 bridgehead atoms. The van der Waals surface area contributed by atoms with E-state index in [1.165, 1.54) is 25.7 Å². The van der Waals surface area contributed by atoms with Crippen molar-refractivity contribution >= 4 is 0 Å². The lowest BCUT2D eigenvalue weighted by molar-refractivity contribution is -0.0292. The first-order valence-corrected chi connectivity index (χ1v) is 7.02. The van der Waals surface area contributed by atoms with Crippen LogP contribution in [-0.4, -0.2) is 49.3 Å². The zero-order valence-corrected chi connectivity index (χ0v) is 11.1. The van der Waals surface area contributed by atoms with Gasteiger partial charge in [0.05, 0.1) is 13.2 Å². The van der Waals surface area contributed by atoms with Crippen molar-refractivity contribution in [2.24, 2.45) is 0 Å². The maximum Gasteiger partial charge on any atom is 0.0594 e. The van der Waals surface area contributed by atoms with Crippen LogP contribution < -0.4 is 5.32 Å². The van der Waals surface area contributed by atoms with Crippen LogP contribution in [0.1, 0.15) is 32.6 Å². The third-order valence-corrected chi connectivity index (χ3v) is 4.35. The van der Waals surface area contributed by atoms with E-state index in [0.29, 0.717) is 11.6 Å². The summed E-state index contributed by atoms with van der Waals surface area (Å²) < 4.78 is 5.49. The second-order valence-corrected chi connectivity index (χ2v) is 5.18. The van der Waals surface area contributed by atoms with Crippen molar-refractivity contribution in [2.45, 2.75) is 44.2 Å². The number of likely N-dealkylation sites (N-methyl/N-ethyl adjacent to an activating group) is 1. The summed E-state index contributed by atoms with van der Waals surface area (Å²) in [5.41, 5.74) is 0.307. The predicted octanol–water partition coefficient (Wildman–Crippen LogP) is 1.80. The summed E-state index contributed by atoms with van der Waals surface area (Å²) in [6.07, 6.45) is 7.43. The van der Waals surface area contributed by atoms with E-state index in [1.54, 1.807) is 0 Å². The van der Waals surface area contributed by atoms with Gasteiger partial charge < -0.3 is 10.1 Å². The second kappa shape index (κ2) is 5.98. The van der Waals surface area contributed by atoms with Gasteiger partial charge in [0.25, 0.3) is 0 Å². The van der Waals surface area contributed by atoms with E-state index in [0.717, 1.165) is 32.8 Å². The van der Waals surface area contributed by atoms with Crippen LogP contribution in [0.2, 0.25) is 0 Å². The van der Waals surface area contributed by atoms with Gasteiger partial charge in [-0.2, -0.15) is 0 Å². The van der Waals surface area contributed by atoms with Gasteiger partial charge in [0, 0.05) is 24.7 Å². The molecule has 1 aliphatic carbocycles. The monoisotopic (exact) mass is 238 g/mol. The highest BCUT2D eigenvalue weighted by Crippen LogP contribution is 2.39. The average Bonchev–Trinajstić information content (AvgIpc) is 2.87. The van der Waals surface area contributed by atoms with Gasteiger partial charge in [-0.15, -0.1) is 6.58 Å². The molecule has 1 heterocycles. The molecule has 1 saturated heterocycles. The Balaban J connectivity index is 2.14. The van der Waals surface area contributed by atoms with Gasteiger partial charge in [-0.25, -0.2) is 0 Å². The molecule has 1 unspecified atom stereocenters. The molecule has 3 heteroatoms. The molecular weight excluding hydrogens is 212 g/mol. The van der Waals surface area contributed by atoms with Crippen LogP contribution in [0, 0.1) is 0 Å². The molecule has 3 nitrogen and oxygen atoms in total. The van der Waals surface area contributed by atoms with E-state index >= 15 is 0 Å². The van der Waals surface area contributed by atoms with E-state index in [2.05, 4.69) is 29.8 Å². The molecule has 0 aromatic carbocycles. The summed E-state index contributed by atoms with van der Waals surface area (Å²) in [6.45, 7) is 11.2. The SMILES string of the molecule is C=CC(NCC)C1(N2CCOCC2)CCCC1. The van der Waals surface area contributed by atoms with Crippen LogP contribution in [0.5, 0.6) is 0 Å². The maximum atomic E-state index is 5.49. The largest absolute Gasteiger partial charge is 0.379 e. The van der Waals surface area contributed by atoms with Crippen molar-refractivity contribution in [1.29, 1.82) is 0 Å². The minimum atomic E-state index is 0.307. The van der Waals surface area contributed by atoms with Crippen molar-refractivity contribution in [3.8, 4) is 0 Å². The summed E-state index contributed by atoms with van der Waals surface area (Å²) in [7, 11) is 0. The Morgan fingerprint density at radius 2 is 2.00 bits per heavy atom. The summed E-state index contributed by atoms with van der Waals surface area (Å²) >= 11 is 0. The fourth-order valence-corrected chi connectivity index (χ4v) is 3.53. The van der Waals surface area contributed by atoms with Crippen LogP contribution >= 0.6 is 0 Å². The molecule has 2 fully saturated rings. The summed E-state index contributed by atoms with van der Waals surface area (Å²) in [5, 5.41) is 3.61. The Bertz CT molecular complexity index is 243. The molecule has 1 saturated carbocycles. The molecule has 0 aromatic heterocycles. The topological polar surface area (TPSA) is 24.5 Å². The van der Waals surface area contributed by atoms with E-state index in [-0.39, 0.29) is 0 Å². The maximum absolute atomic E-state index is 5.49. The molecule has 2 rings (SSSR count). The van der Waals surface area contributed by atoms with Gasteiger partial charge >= 0.3 is 0 Å². The van der Waals surface area contributed by atoms with Crippen molar-refractivity contribution in [2.75, 3.05) is 32.8 Å². The number of rotatable bonds is 5. The van der Waals surface area contributed by atoms with Crippen LogP contribution in [0.3, 0.4) is 0 Å². The predicted molar refractivity (Wildman–Crippen MR) is 71.3 cm³/mol. The zero-order valence-electron chi connectivity index (χ0n) is 11.1. The Labute approximate surface area is 105 Å². The van der Waals surface area contributed by atoms with Gasteiger partial charge in [0.15, 0.2) is 0 Å². The third kappa shape index (κ3) is 2.56. The first-order chi connectivity index (χ1) is 8.33. The van der Waals surface area contributed by atoms with Gasteiger partial charge in [0.2, 0.25) is 0 Å². The van der Waals surface area contributed by atoms with Crippen LogP contribution in [0.4, 0.5) is 0 Å². The van der Waals surface area contributed by atoms with Crippen molar-refractivity contribution < 1.29 is 4.74 Å². The lowest BCUT2D eigenvalue weighted by atomic mass is 9.85. The van der Waals surface area contributed by atoms with Crippen LogP contribution in [-0.2, 0) is 4.74 Å². The normalized spacial score (nSPS) is 26.9. The van der Waals surface area contributed by atoms with E-state index in [4.69, 9.17) is 4.74 Å². The molecule has 0 spiro atoms. The molecule has 1 atom stereocenters. The van der Waals surface area contributed by atoms with Crippen molar-refractivity contribution in [3.05, 3.63) is 12.7 Å². The quantitative estimate of drug-likeness (QED) is 0.739. The molecule has 2 aliphatic rings. The molecule has 1 aliphatic heterocycles. The summed E-state index contributed by atoms with van der Waals surface area (Å²) in [6, 6.07) is 0.424. The number of morpholine rings is 1. The zero-order chi connectivity index (χ0) is 12.1. The minimum absolute atomic E-state index is 0.307. The molecule has 17 heavy (non-hydrogen) atoms. The highest BCUT2D eigenvalue weighted by Gasteiger charge is 2.44. The first kappa shape index (κ1) is 13.1. The summed E-state index contributed by atoms with van der Waals surface area (Å²) in [5.74, 6) is 0. The highest BCUT2D eigenvalue weighted by atomic mass is 16.5.